The molecule has 1 amide bonds. The predicted octanol–water partition coefficient (Wildman–Crippen LogP) is 2.45. The van der Waals surface area contributed by atoms with Gasteiger partial charge in [-0.3, -0.25) is 9.69 Å². The Balaban J connectivity index is 1.37. The average molecular weight is 327 g/mol. The maximum absolute atomic E-state index is 12.8. The van der Waals surface area contributed by atoms with Crippen LogP contribution in [0.2, 0.25) is 0 Å². The summed E-state index contributed by atoms with van der Waals surface area (Å²) in [5.41, 5.74) is 2.18. The number of hydrogen-bond donors (Lipinski definition) is 0. The second kappa shape index (κ2) is 6.85. The predicted molar refractivity (Wildman–Crippen MR) is 96.0 cm³/mol. The molecule has 1 atom stereocenters. The van der Waals surface area contributed by atoms with Crippen molar-refractivity contribution in [2.45, 2.75) is 38.3 Å². The zero-order chi connectivity index (χ0) is 16.5. The summed E-state index contributed by atoms with van der Waals surface area (Å²) in [5, 5.41) is 0. The number of benzene rings is 1. The second-order valence-electron chi connectivity index (χ2n) is 7.82. The molecule has 0 bridgehead atoms. The number of carbonyl (C=O) groups is 1. The number of rotatable bonds is 4. The summed E-state index contributed by atoms with van der Waals surface area (Å²) < 4.78 is 0. The van der Waals surface area contributed by atoms with E-state index >= 15 is 0 Å². The van der Waals surface area contributed by atoms with Gasteiger partial charge in [0.1, 0.15) is 0 Å². The van der Waals surface area contributed by atoms with Gasteiger partial charge in [-0.25, -0.2) is 0 Å². The van der Waals surface area contributed by atoms with Crippen LogP contribution >= 0.6 is 0 Å². The van der Waals surface area contributed by atoms with Crippen molar-refractivity contribution in [3.63, 3.8) is 0 Å². The number of nitrogens with zero attached hydrogens (tertiary/aromatic N) is 3. The summed E-state index contributed by atoms with van der Waals surface area (Å²) in [6.45, 7) is 6.50. The molecule has 0 N–H and O–H groups in total. The molecule has 4 rings (SSSR count). The van der Waals surface area contributed by atoms with Crippen molar-refractivity contribution in [2.24, 2.45) is 5.92 Å². The summed E-state index contributed by atoms with van der Waals surface area (Å²) in [7, 11) is 2.19. The Labute approximate surface area is 145 Å². The van der Waals surface area contributed by atoms with Gasteiger partial charge in [-0.15, -0.1) is 0 Å². The van der Waals surface area contributed by atoms with Crippen LogP contribution in [0.4, 0.5) is 0 Å². The fraction of sp³-hybridized carbons (Fsp3) is 0.650. The number of carbonyl (C=O) groups excluding carboxylic acids is 1. The maximum atomic E-state index is 12.8. The second-order valence-corrected chi connectivity index (χ2v) is 7.82. The average Bonchev–Trinajstić information content (AvgIpc) is 3.34. The van der Waals surface area contributed by atoms with E-state index in [0.717, 1.165) is 50.7 Å². The Morgan fingerprint density at radius 3 is 2.38 bits per heavy atom. The van der Waals surface area contributed by atoms with Crippen molar-refractivity contribution in [1.29, 1.82) is 0 Å². The van der Waals surface area contributed by atoms with Crippen LogP contribution in [0.15, 0.2) is 24.3 Å². The third kappa shape index (κ3) is 3.50. The number of likely N-dealkylation sites (tertiary alicyclic amines) is 1. The highest BCUT2D eigenvalue weighted by atomic mass is 16.2. The summed E-state index contributed by atoms with van der Waals surface area (Å²) in [4.78, 5) is 19.9. The molecule has 2 heterocycles. The highest BCUT2D eigenvalue weighted by molar-refractivity contribution is 5.94. The Bertz CT molecular complexity index is 573. The van der Waals surface area contributed by atoms with Gasteiger partial charge in [0.2, 0.25) is 0 Å². The van der Waals surface area contributed by atoms with E-state index in [9.17, 15) is 4.79 Å². The maximum Gasteiger partial charge on any atom is 0.254 e. The van der Waals surface area contributed by atoms with E-state index in [1.807, 2.05) is 12.1 Å². The van der Waals surface area contributed by atoms with E-state index in [1.54, 1.807) is 0 Å². The van der Waals surface area contributed by atoms with Crippen molar-refractivity contribution in [1.82, 2.24) is 14.7 Å². The molecule has 24 heavy (non-hydrogen) atoms. The normalized spacial score (nSPS) is 26.0. The molecule has 4 nitrogen and oxygen atoms in total. The summed E-state index contributed by atoms with van der Waals surface area (Å²) in [6, 6.07) is 8.88. The Hall–Kier alpha value is -1.39. The van der Waals surface area contributed by atoms with Gasteiger partial charge in [-0.05, 0) is 56.3 Å². The Kier molecular flexibility index (Phi) is 4.59. The van der Waals surface area contributed by atoms with Crippen LogP contribution in [0.3, 0.4) is 0 Å². The van der Waals surface area contributed by atoms with Crippen LogP contribution in [-0.2, 0) is 6.54 Å². The van der Waals surface area contributed by atoms with Gasteiger partial charge >= 0.3 is 0 Å². The number of piperazine rings is 1. The molecule has 1 aliphatic carbocycles. The molecule has 3 aliphatic rings. The first kappa shape index (κ1) is 16.1. The first-order valence-electron chi connectivity index (χ1n) is 9.51. The molecular formula is C20H29N3O. The zero-order valence-electron chi connectivity index (χ0n) is 14.8. The molecule has 2 saturated heterocycles. The molecule has 4 heteroatoms. The van der Waals surface area contributed by atoms with Crippen LogP contribution in [0.25, 0.3) is 0 Å². The molecule has 1 unspecified atom stereocenters. The molecule has 0 radical (unpaired) electrons. The highest BCUT2D eigenvalue weighted by Gasteiger charge is 2.40. The third-order valence-electron chi connectivity index (χ3n) is 5.93. The van der Waals surface area contributed by atoms with Crippen molar-refractivity contribution in [3.8, 4) is 0 Å². The lowest BCUT2D eigenvalue weighted by Gasteiger charge is -2.32. The van der Waals surface area contributed by atoms with Gasteiger partial charge in [-0.1, -0.05) is 12.1 Å². The van der Waals surface area contributed by atoms with E-state index in [0.29, 0.717) is 6.04 Å². The molecule has 2 aliphatic heterocycles. The van der Waals surface area contributed by atoms with Crippen LogP contribution in [-0.4, -0.2) is 66.4 Å². The lowest BCUT2D eigenvalue weighted by molar-refractivity contribution is 0.0721. The zero-order valence-corrected chi connectivity index (χ0v) is 14.8. The lowest BCUT2D eigenvalue weighted by Crippen LogP contribution is -2.43. The topological polar surface area (TPSA) is 26.8 Å². The number of hydrogen-bond acceptors (Lipinski definition) is 3. The smallest absolute Gasteiger partial charge is 0.254 e. The first-order valence-corrected chi connectivity index (χ1v) is 9.51. The molecular weight excluding hydrogens is 298 g/mol. The number of likely N-dealkylation sites (N-methyl/N-ethyl adjacent to an activating group) is 1. The molecule has 3 fully saturated rings. The quantitative estimate of drug-likeness (QED) is 0.850. The standard InChI is InChI=1S/C20H29N3O/c1-21-11-13-22(14-12-21)15-16-4-6-18(7-5-16)20(24)23-10-2-3-19(23)17-8-9-17/h4-7,17,19H,2-3,8-15H2,1H3. The molecule has 0 spiro atoms. The fourth-order valence-electron chi connectivity index (χ4n) is 4.20. The van der Waals surface area contributed by atoms with Gasteiger partial charge in [-0.2, -0.15) is 0 Å². The monoisotopic (exact) mass is 327 g/mol. The number of amides is 1. The molecule has 0 aromatic heterocycles. The van der Waals surface area contributed by atoms with Gasteiger partial charge in [0.15, 0.2) is 0 Å². The van der Waals surface area contributed by atoms with Crippen molar-refractivity contribution < 1.29 is 4.79 Å². The van der Waals surface area contributed by atoms with Gasteiger partial charge < -0.3 is 9.80 Å². The lowest BCUT2D eigenvalue weighted by atomic mass is 10.1. The largest absolute Gasteiger partial charge is 0.335 e. The van der Waals surface area contributed by atoms with Crippen molar-refractivity contribution >= 4 is 5.91 Å². The van der Waals surface area contributed by atoms with E-state index in [1.165, 1.54) is 31.2 Å². The van der Waals surface area contributed by atoms with Crippen LogP contribution in [0, 0.1) is 5.92 Å². The minimum absolute atomic E-state index is 0.246. The van der Waals surface area contributed by atoms with E-state index in [-0.39, 0.29) is 5.91 Å². The minimum atomic E-state index is 0.246. The third-order valence-corrected chi connectivity index (χ3v) is 5.93. The van der Waals surface area contributed by atoms with Crippen LogP contribution < -0.4 is 0 Å². The Morgan fingerprint density at radius 1 is 1.00 bits per heavy atom. The van der Waals surface area contributed by atoms with Gasteiger partial charge in [0, 0.05) is 50.9 Å². The minimum Gasteiger partial charge on any atom is -0.335 e. The van der Waals surface area contributed by atoms with E-state index in [2.05, 4.69) is 33.9 Å². The van der Waals surface area contributed by atoms with Gasteiger partial charge in [0.05, 0.1) is 0 Å². The van der Waals surface area contributed by atoms with Crippen molar-refractivity contribution in [3.05, 3.63) is 35.4 Å². The Morgan fingerprint density at radius 2 is 1.71 bits per heavy atom. The highest BCUT2D eigenvalue weighted by Crippen LogP contribution is 2.40. The molecule has 1 aromatic rings. The van der Waals surface area contributed by atoms with Crippen LogP contribution in [0.5, 0.6) is 0 Å². The van der Waals surface area contributed by atoms with Gasteiger partial charge in [0.25, 0.3) is 5.91 Å². The first-order chi connectivity index (χ1) is 11.7. The fourth-order valence-corrected chi connectivity index (χ4v) is 4.20. The SMILES string of the molecule is CN1CCN(Cc2ccc(C(=O)N3CCCC3C3CC3)cc2)CC1. The van der Waals surface area contributed by atoms with Crippen molar-refractivity contribution in [2.75, 3.05) is 39.8 Å². The molecule has 1 aromatic carbocycles. The summed E-state index contributed by atoms with van der Waals surface area (Å²) >= 11 is 0. The van der Waals surface area contributed by atoms with Crippen LogP contribution in [0.1, 0.15) is 41.6 Å². The van der Waals surface area contributed by atoms with E-state index in [4.69, 9.17) is 0 Å². The molecule has 130 valence electrons. The molecule has 1 saturated carbocycles. The van der Waals surface area contributed by atoms with E-state index < -0.39 is 0 Å². The summed E-state index contributed by atoms with van der Waals surface area (Å²) in [6.07, 6.45) is 5.02. The summed E-state index contributed by atoms with van der Waals surface area (Å²) in [5.74, 6) is 1.03.